The van der Waals surface area contributed by atoms with E-state index in [0.29, 0.717) is 32.5 Å². The quantitative estimate of drug-likeness (QED) is 0.0347. The van der Waals surface area contributed by atoms with E-state index in [1.165, 1.54) is 167 Å². The Kier molecular flexibility index (Phi) is 57.6. The van der Waals surface area contributed by atoms with Crippen LogP contribution in [0.2, 0.25) is 0 Å². The van der Waals surface area contributed by atoms with Crippen molar-refractivity contribution in [2.75, 3.05) is 39.4 Å². The molecule has 0 spiro atoms. The highest BCUT2D eigenvalue weighted by Gasteiger charge is 2.15. The fourth-order valence-electron chi connectivity index (χ4n) is 8.85. The van der Waals surface area contributed by atoms with Gasteiger partial charge in [-0.2, -0.15) is 0 Å². The number of nitrogens with zero attached hydrogens (tertiary/aromatic N) is 1. The number of hydrogen-bond donors (Lipinski definition) is 2. The number of rotatable bonds is 53. The van der Waals surface area contributed by atoms with Crippen LogP contribution in [0.1, 0.15) is 311 Å². The van der Waals surface area contributed by atoms with E-state index >= 15 is 0 Å². The van der Waals surface area contributed by atoms with Crippen molar-refractivity contribution >= 4 is 23.8 Å². The largest absolute Gasteiger partial charge is 0.466 e. The first kappa shape index (κ1) is 69.9. The third kappa shape index (κ3) is 58.4. The summed E-state index contributed by atoms with van der Waals surface area (Å²) in [6.45, 7) is 17.0. The Balaban J connectivity index is 0. The van der Waals surface area contributed by atoms with Gasteiger partial charge >= 0.3 is 17.9 Å². The molecular formula is C60H118N2O8. The fourth-order valence-corrected chi connectivity index (χ4v) is 8.85. The topological polar surface area (TPSA) is 131 Å². The van der Waals surface area contributed by atoms with E-state index in [2.05, 4.69) is 31.0 Å². The second kappa shape index (κ2) is 57.7. The molecule has 0 saturated heterocycles. The molecule has 0 rings (SSSR count). The highest BCUT2D eigenvalue weighted by molar-refractivity contribution is 5.75. The molecule has 0 radical (unpaired) electrons. The predicted molar refractivity (Wildman–Crippen MR) is 295 cm³/mol. The van der Waals surface area contributed by atoms with Crippen LogP contribution in [0, 0.1) is 0 Å². The second-order valence-corrected chi connectivity index (χ2v) is 20.6. The molecule has 416 valence electrons. The van der Waals surface area contributed by atoms with E-state index in [-0.39, 0.29) is 36.0 Å². The number of carbonyl (C=O) groups excluding carboxylic acids is 4. The summed E-state index contributed by atoms with van der Waals surface area (Å²) in [6, 6.07) is 0. The summed E-state index contributed by atoms with van der Waals surface area (Å²) < 4.78 is 16.3. The number of hydrogen-bond acceptors (Lipinski definition) is 9. The molecule has 0 heterocycles. The van der Waals surface area contributed by atoms with Crippen molar-refractivity contribution in [2.45, 2.75) is 323 Å². The molecule has 1 atom stereocenters. The molecule has 1 unspecified atom stereocenters. The van der Waals surface area contributed by atoms with Gasteiger partial charge < -0.3 is 29.5 Å². The Morgan fingerprint density at radius 2 is 0.814 bits per heavy atom. The van der Waals surface area contributed by atoms with Crippen LogP contribution < -0.4 is 5.32 Å². The number of amides is 1. The molecule has 10 nitrogen and oxygen atoms in total. The SMILES string of the molecule is CC(=O)OCCCCCCCCC(C)O.CCCCCCCCCOC(=O)CCCCCCCN(CCCCCCCC(=O)OC(CCCCCCCC)CCCCCCCC)CCCNC(=O)CC. The normalized spacial score (nSPS) is 11.7. The smallest absolute Gasteiger partial charge is 0.306 e. The number of aliphatic hydroxyl groups is 1. The number of unbranched alkanes of at least 4 members (excludes halogenated alkanes) is 29. The molecule has 0 aromatic rings. The van der Waals surface area contributed by atoms with Crippen LogP contribution in [-0.4, -0.2) is 85.4 Å². The molecule has 0 aromatic carbocycles. The minimum atomic E-state index is -0.188. The lowest BCUT2D eigenvalue weighted by Crippen LogP contribution is -2.31. The van der Waals surface area contributed by atoms with Gasteiger partial charge in [-0.05, 0) is 104 Å². The van der Waals surface area contributed by atoms with Crippen LogP contribution >= 0.6 is 0 Å². The van der Waals surface area contributed by atoms with Crippen molar-refractivity contribution in [3.05, 3.63) is 0 Å². The van der Waals surface area contributed by atoms with Crippen LogP contribution in [-0.2, 0) is 33.4 Å². The van der Waals surface area contributed by atoms with E-state index in [1.807, 2.05) is 13.8 Å². The highest BCUT2D eigenvalue weighted by atomic mass is 16.5. The lowest BCUT2D eigenvalue weighted by Gasteiger charge is -2.22. The molecule has 0 aliphatic heterocycles. The summed E-state index contributed by atoms with van der Waals surface area (Å²) in [5.74, 6) is -0.0734. The lowest BCUT2D eigenvalue weighted by molar-refractivity contribution is -0.150. The molecule has 0 saturated carbocycles. The first-order valence-electron chi connectivity index (χ1n) is 30.2. The molecule has 0 aliphatic carbocycles. The molecular weight excluding hydrogens is 877 g/mol. The average Bonchev–Trinajstić information content (AvgIpc) is 3.34. The second-order valence-electron chi connectivity index (χ2n) is 20.6. The Bertz CT molecular complexity index is 1100. The van der Waals surface area contributed by atoms with Crippen molar-refractivity contribution in [1.82, 2.24) is 10.2 Å². The van der Waals surface area contributed by atoms with Crippen molar-refractivity contribution in [3.8, 4) is 0 Å². The van der Waals surface area contributed by atoms with Gasteiger partial charge in [-0.15, -0.1) is 0 Å². The van der Waals surface area contributed by atoms with E-state index in [0.717, 1.165) is 116 Å². The van der Waals surface area contributed by atoms with E-state index in [9.17, 15) is 19.2 Å². The summed E-state index contributed by atoms with van der Waals surface area (Å²) in [7, 11) is 0. The van der Waals surface area contributed by atoms with Gasteiger partial charge in [-0.25, -0.2) is 0 Å². The Labute approximate surface area is 433 Å². The third-order valence-corrected chi connectivity index (χ3v) is 13.4. The third-order valence-electron chi connectivity index (χ3n) is 13.4. The van der Waals surface area contributed by atoms with Gasteiger partial charge in [0.1, 0.15) is 6.10 Å². The molecule has 70 heavy (non-hydrogen) atoms. The predicted octanol–water partition coefficient (Wildman–Crippen LogP) is 16.3. The Morgan fingerprint density at radius 1 is 0.443 bits per heavy atom. The average molecular weight is 996 g/mol. The molecule has 0 bridgehead atoms. The van der Waals surface area contributed by atoms with Crippen molar-refractivity contribution in [1.29, 1.82) is 0 Å². The van der Waals surface area contributed by atoms with Crippen LogP contribution in [0.3, 0.4) is 0 Å². The van der Waals surface area contributed by atoms with E-state index < -0.39 is 0 Å². The molecule has 1 amide bonds. The van der Waals surface area contributed by atoms with E-state index in [1.54, 1.807) is 0 Å². The minimum Gasteiger partial charge on any atom is -0.466 e. The maximum absolute atomic E-state index is 12.8. The number of carbonyl (C=O) groups is 4. The molecule has 0 aromatic heterocycles. The van der Waals surface area contributed by atoms with Gasteiger partial charge in [0.2, 0.25) is 5.91 Å². The molecule has 2 N–H and O–H groups in total. The Hall–Kier alpha value is -2.20. The number of aliphatic hydroxyl groups excluding tert-OH is 1. The number of ether oxygens (including phenoxy) is 3. The molecule has 0 fully saturated rings. The summed E-state index contributed by atoms with van der Waals surface area (Å²) >= 11 is 0. The van der Waals surface area contributed by atoms with E-state index in [4.69, 9.17) is 19.3 Å². The van der Waals surface area contributed by atoms with Gasteiger partial charge in [0.25, 0.3) is 0 Å². The molecule has 0 aliphatic rings. The van der Waals surface area contributed by atoms with Crippen molar-refractivity contribution in [2.24, 2.45) is 0 Å². The lowest BCUT2D eigenvalue weighted by atomic mass is 10.0. The van der Waals surface area contributed by atoms with Crippen LogP contribution in [0.5, 0.6) is 0 Å². The zero-order valence-corrected chi connectivity index (χ0v) is 47.3. The van der Waals surface area contributed by atoms with Gasteiger partial charge in [0.15, 0.2) is 0 Å². The number of nitrogens with one attached hydrogen (secondary N) is 1. The first-order valence-corrected chi connectivity index (χ1v) is 30.2. The maximum atomic E-state index is 12.8. The van der Waals surface area contributed by atoms with Crippen LogP contribution in [0.15, 0.2) is 0 Å². The maximum Gasteiger partial charge on any atom is 0.306 e. The zero-order valence-electron chi connectivity index (χ0n) is 47.3. The van der Waals surface area contributed by atoms with Crippen molar-refractivity contribution in [3.63, 3.8) is 0 Å². The highest BCUT2D eigenvalue weighted by Crippen LogP contribution is 2.19. The van der Waals surface area contributed by atoms with Crippen LogP contribution in [0.25, 0.3) is 0 Å². The number of esters is 3. The summed E-state index contributed by atoms with van der Waals surface area (Å²) in [6.07, 6.45) is 47.4. The van der Waals surface area contributed by atoms with Crippen molar-refractivity contribution < 1.29 is 38.5 Å². The summed E-state index contributed by atoms with van der Waals surface area (Å²) in [5, 5.41) is 12.1. The monoisotopic (exact) mass is 995 g/mol. The van der Waals surface area contributed by atoms with Crippen LogP contribution in [0.4, 0.5) is 0 Å². The fraction of sp³-hybridized carbons (Fsp3) is 0.933. The summed E-state index contributed by atoms with van der Waals surface area (Å²) in [5.41, 5.74) is 0. The van der Waals surface area contributed by atoms with Gasteiger partial charge in [0, 0.05) is 32.7 Å². The van der Waals surface area contributed by atoms with Gasteiger partial charge in [-0.3, -0.25) is 19.2 Å². The zero-order chi connectivity index (χ0) is 51.8. The van der Waals surface area contributed by atoms with Gasteiger partial charge in [-0.1, -0.05) is 201 Å². The molecule has 10 heteroatoms. The summed E-state index contributed by atoms with van der Waals surface area (Å²) in [4.78, 5) is 49.6. The minimum absolute atomic E-state index is 0.0158. The Morgan fingerprint density at radius 3 is 1.26 bits per heavy atom. The van der Waals surface area contributed by atoms with Gasteiger partial charge in [0.05, 0.1) is 19.3 Å². The first-order chi connectivity index (χ1) is 34.1. The standard InChI is InChI=1S/C48H94N2O5.C12H24O3/c1-5-9-12-15-18-27-34-44-54-47(52)38-30-23-19-25-32-41-50(43-35-40-49-46(51)8-4)42-33-26-20-24-31-39-48(53)55-45(36-28-21-16-13-10-6-2)37-29-22-17-14-11-7-3;1-11(13)9-7-5-3-4-6-8-10-15-12(2)14/h45H,5-44H2,1-4H3,(H,49,51);11,13H,3-10H2,1-2H3.